The van der Waals surface area contributed by atoms with Crippen LogP contribution in [0.3, 0.4) is 0 Å². The molecule has 0 saturated carbocycles. The maximum Gasteiger partial charge on any atom is 0.287 e. The molecule has 0 atom stereocenters. The standard InChI is InChI=1S/C22H17NO2/c24-22(20-15-18-13-7-8-14-19(18)25-20)23-21(16-9-3-1-4-10-16)17-11-5-2-6-12-17/h1-15,21H,(H,23,24). The number of fused-ring (bicyclic) bond motifs is 1. The lowest BCUT2D eigenvalue weighted by atomic mass is 9.98. The Hall–Kier alpha value is -3.33. The van der Waals surface area contributed by atoms with E-state index >= 15 is 0 Å². The van der Waals surface area contributed by atoms with Crippen molar-refractivity contribution in [1.29, 1.82) is 0 Å². The summed E-state index contributed by atoms with van der Waals surface area (Å²) < 4.78 is 5.69. The zero-order valence-corrected chi connectivity index (χ0v) is 13.6. The fourth-order valence-corrected chi connectivity index (χ4v) is 2.95. The van der Waals surface area contributed by atoms with Crippen molar-refractivity contribution in [3.63, 3.8) is 0 Å². The molecule has 3 heteroatoms. The second kappa shape index (κ2) is 6.65. The normalized spacial score (nSPS) is 10.9. The maximum absolute atomic E-state index is 12.8. The van der Waals surface area contributed by atoms with Gasteiger partial charge in [-0.05, 0) is 23.3 Å². The number of hydrogen-bond donors (Lipinski definition) is 1. The summed E-state index contributed by atoms with van der Waals surface area (Å²) >= 11 is 0. The highest BCUT2D eigenvalue weighted by Crippen LogP contribution is 2.24. The number of nitrogens with one attached hydrogen (secondary N) is 1. The summed E-state index contributed by atoms with van der Waals surface area (Å²) in [5.41, 5.74) is 2.76. The molecule has 0 saturated heterocycles. The summed E-state index contributed by atoms with van der Waals surface area (Å²) in [5, 5.41) is 4.01. The summed E-state index contributed by atoms with van der Waals surface area (Å²) in [6, 6.07) is 29.0. The van der Waals surface area contributed by atoms with Crippen LogP contribution in [0.2, 0.25) is 0 Å². The minimum absolute atomic E-state index is 0.228. The van der Waals surface area contributed by atoms with Crippen molar-refractivity contribution in [1.82, 2.24) is 5.32 Å². The number of para-hydroxylation sites is 1. The fraction of sp³-hybridized carbons (Fsp3) is 0.0455. The first-order valence-corrected chi connectivity index (χ1v) is 8.20. The average molecular weight is 327 g/mol. The van der Waals surface area contributed by atoms with Gasteiger partial charge in [0.2, 0.25) is 0 Å². The van der Waals surface area contributed by atoms with Crippen molar-refractivity contribution < 1.29 is 9.21 Å². The monoisotopic (exact) mass is 327 g/mol. The van der Waals surface area contributed by atoms with Crippen LogP contribution in [-0.2, 0) is 0 Å². The van der Waals surface area contributed by atoms with Gasteiger partial charge in [-0.25, -0.2) is 0 Å². The third-order valence-electron chi connectivity index (χ3n) is 4.19. The molecule has 1 N–H and O–H groups in total. The molecule has 0 aliphatic heterocycles. The molecular formula is C22H17NO2. The molecule has 0 aliphatic carbocycles. The molecule has 4 rings (SSSR count). The largest absolute Gasteiger partial charge is 0.451 e. The lowest BCUT2D eigenvalue weighted by Gasteiger charge is -2.19. The Morgan fingerprint density at radius 1 is 0.760 bits per heavy atom. The van der Waals surface area contributed by atoms with Crippen molar-refractivity contribution in [2.45, 2.75) is 6.04 Å². The number of amides is 1. The topological polar surface area (TPSA) is 42.2 Å². The van der Waals surface area contributed by atoms with Gasteiger partial charge in [0.1, 0.15) is 5.58 Å². The lowest BCUT2D eigenvalue weighted by molar-refractivity contribution is 0.0917. The highest BCUT2D eigenvalue weighted by atomic mass is 16.3. The first kappa shape index (κ1) is 15.2. The van der Waals surface area contributed by atoms with Gasteiger partial charge >= 0.3 is 0 Å². The van der Waals surface area contributed by atoms with Crippen LogP contribution >= 0.6 is 0 Å². The van der Waals surface area contributed by atoms with Gasteiger partial charge in [0, 0.05) is 5.39 Å². The van der Waals surface area contributed by atoms with E-state index in [1.807, 2.05) is 84.9 Å². The Kier molecular flexibility index (Phi) is 4.05. The predicted molar refractivity (Wildman–Crippen MR) is 98.4 cm³/mol. The van der Waals surface area contributed by atoms with E-state index in [2.05, 4.69) is 5.32 Å². The van der Waals surface area contributed by atoms with Crippen molar-refractivity contribution >= 4 is 16.9 Å². The van der Waals surface area contributed by atoms with Crippen LogP contribution in [0.4, 0.5) is 0 Å². The van der Waals surface area contributed by atoms with E-state index < -0.39 is 0 Å². The van der Waals surface area contributed by atoms with Gasteiger partial charge in [-0.3, -0.25) is 4.79 Å². The smallest absolute Gasteiger partial charge is 0.287 e. The molecule has 1 heterocycles. The average Bonchev–Trinajstić information content (AvgIpc) is 3.12. The molecular weight excluding hydrogens is 310 g/mol. The van der Waals surface area contributed by atoms with E-state index in [0.717, 1.165) is 16.5 Å². The van der Waals surface area contributed by atoms with Gasteiger partial charge < -0.3 is 9.73 Å². The van der Waals surface area contributed by atoms with Gasteiger partial charge in [0.15, 0.2) is 5.76 Å². The van der Waals surface area contributed by atoms with Crippen LogP contribution in [0.25, 0.3) is 11.0 Å². The second-order valence-corrected chi connectivity index (χ2v) is 5.88. The Balaban J connectivity index is 1.67. The molecule has 122 valence electrons. The van der Waals surface area contributed by atoms with E-state index in [4.69, 9.17) is 4.42 Å². The van der Waals surface area contributed by atoms with Crippen LogP contribution < -0.4 is 5.32 Å². The van der Waals surface area contributed by atoms with Crippen molar-refractivity contribution in [2.24, 2.45) is 0 Å². The van der Waals surface area contributed by atoms with Crippen LogP contribution in [0.5, 0.6) is 0 Å². The Bertz CT molecular complexity index is 918. The minimum Gasteiger partial charge on any atom is -0.451 e. The molecule has 1 amide bonds. The van der Waals surface area contributed by atoms with Crippen molar-refractivity contribution in [3.8, 4) is 0 Å². The third kappa shape index (κ3) is 3.17. The number of rotatable bonds is 4. The third-order valence-corrected chi connectivity index (χ3v) is 4.19. The highest BCUT2D eigenvalue weighted by Gasteiger charge is 2.20. The molecule has 4 aromatic rings. The van der Waals surface area contributed by atoms with E-state index in [1.165, 1.54) is 0 Å². The molecule has 0 aliphatic rings. The molecule has 1 aromatic heterocycles. The lowest BCUT2D eigenvalue weighted by Crippen LogP contribution is -2.29. The van der Waals surface area contributed by atoms with Gasteiger partial charge in [0.25, 0.3) is 5.91 Å². The van der Waals surface area contributed by atoms with E-state index in [1.54, 1.807) is 6.07 Å². The summed E-state index contributed by atoms with van der Waals surface area (Å²) in [6.45, 7) is 0. The number of hydrogen-bond acceptors (Lipinski definition) is 2. The van der Waals surface area contributed by atoms with E-state index in [0.29, 0.717) is 11.3 Å². The number of furan rings is 1. The summed E-state index contributed by atoms with van der Waals surface area (Å²) in [7, 11) is 0. The molecule has 3 aromatic carbocycles. The van der Waals surface area contributed by atoms with Gasteiger partial charge in [-0.15, -0.1) is 0 Å². The summed E-state index contributed by atoms with van der Waals surface area (Å²) in [5.74, 6) is 0.0898. The first-order chi connectivity index (χ1) is 12.3. The van der Waals surface area contributed by atoms with Gasteiger partial charge in [0.05, 0.1) is 6.04 Å². The zero-order chi connectivity index (χ0) is 17.1. The Morgan fingerprint density at radius 2 is 1.32 bits per heavy atom. The second-order valence-electron chi connectivity index (χ2n) is 5.88. The molecule has 0 spiro atoms. The molecule has 25 heavy (non-hydrogen) atoms. The summed E-state index contributed by atoms with van der Waals surface area (Å²) in [6.07, 6.45) is 0. The molecule has 0 unspecified atom stereocenters. The molecule has 0 fully saturated rings. The number of benzene rings is 3. The number of carbonyl (C=O) groups is 1. The summed E-state index contributed by atoms with van der Waals surface area (Å²) in [4.78, 5) is 12.8. The van der Waals surface area contributed by atoms with Gasteiger partial charge in [-0.2, -0.15) is 0 Å². The molecule has 0 bridgehead atoms. The maximum atomic E-state index is 12.8. The van der Waals surface area contributed by atoms with E-state index in [-0.39, 0.29) is 11.9 Å². The van der Waals surface area contributed by atoms with Crippen LogP contribution in [0, 0.1) is 0 Å². The minimum atomic E-state index is -0.233. The van der Waals surface area contributed by atoms with Crippen molar-refractivity contribution in [3.05, 3.63) is 108 Å². The van der Waals surface area contributed by atoms with E-state index in [9.17, 15) is 4.79 Å². The predicted octanol–water partition coefficient (Wildman–Crippen LogP) is 4.95. The van der Waals surface area contributed by atoms with Crippen LogP contribution in [0.1, 0.15) is 27.7 Å². The van der Waals surface area contributed by atoms with Gasteiger partial charge in [-0.1, -0.05) is 78.9 Å². The first-order valence-electron chi connectivity index (χ1n) is 8.20. The number of carbonyl (C=O) groups excluding carboxylic acids is 1. The quantitative estimate of drug-likeness (QED) is 0.576. The molecule has 0 radical (unpaired) electrons. The van der Waals surface area contributed by atoms with Crippen LogP contribution in [0.15, 0.2) is 95.4 Å². The SMILES string of the molecule is O=C(NC(c1ccccc1)c1ccccc1)c1cc2ccccc2o1. The Morgan fingerprint density at radius 3 is 1.92 bits per heavy atom. The van der Waals surface area contributed by atoms with Crippen molar-refractivity contribution in [2.75, 3.05) is 0 Å². The highest BCUT2D eigenvalue weighted by molar-refractivity contribution is 5.96. The zero-order valence-electron chi connectivity index (χ0n) is 13.6. The van der Waals surface area contributed by atoms with Crippen LogP contribution in [-0.4, -0.2) is 5.91 Å². The molecule has 3 nitrogen and oxygen atoms in total. The Labute approximate surface area is 145 Å². The fourth-order valence-electron chi connectivity index (χ4n) is 2.95.